The van der Waals surface area contributed by atoms with E-state index in [1.54, 1.807) is 20.4 Å². The van der Waals surface area contributed by atoms with Crippen LogP contribution in [0.1, 0.15) is 22.4 Å². The van der Waals surface area contributed by atoms with Gasteiger partial charge in [-0.15, -0.1) is 5.10 Å². The van der Waals surface area contributed by atoms with E-state index in [4.69, 9.17) is 9.15 Å². The molecule has 0 saturated heterocycles. The summed E-state index contributed by atoms with van der Waals surface area (Å²) in [5, 5.41) is 11.3. The van der Waals surface area contributed by atoms with Crippen LogP contribution >= 0.6 is 0 Å². The standard InChI is InChI=1S/C15H16N4O3/c1-19-9-11(17-18-19)15(20)16-8-14(21-2)13-7-10-5-3-4-6-12(10)22-13/h3-7,9,14H,8H2,1-2H3,(H,16,20)/t14-/m0/s1. The zero-order valence-electron chi connectivity index (χ0n) is 12.3. The van der Waals surface area contributed by atoms with E-state index >= 15 is 0 Å². The van der Waals surface area contributed by atoms with Gasteiger partial charge in [0.25, 0.3) is 5.91 Å². The maximum absolute atomic E-state index is 12.0. The molecule has 0 spiro atoms. The van der Waals surface area contributed by atoms with Crippen LogP contribution in [0.15, 0.2) is 40.9 Å². The van der Waals surface area contributed by atoms with Crippen LogP contribution in [0.2, 0.25) is 0 Å². The highest BCUT2D eigenvalue weighted by Crippen LogP contribution is 2.25. The summed E-state index contributed by atoms with van der Waals surface area (Å²) in [6.07, 6.45) is 1.19. The van der Waals surface area contributed by atoms with Gasteiger partial charge in [-0.3, -0.25) is 9.48 Å². The Morgan fingerprint density at radius 2 is 2.27 bits per heavy atom. The Morgan fingerprint density at radius 3 is 2.95 bits per heavy atom. The minimum Gasteiger partial charge on any atom is -0.458 e. The van der Waals surface area contributed by atoms with Crippen LogP contribution < -0.4 is 5.32 Å². The van der Waals surface area contributed by atoms with Crippen LogP contribution in [0, 0.1) is 0 Å². The van der Waals surface area contributed by atoms with E-state index in [1.807, 2.05) is 30.3 Å². The number of amides is 1. The smallest absolute Gasteiger partial charge is 0.273 e. The van der Waals surface area contributed by atoms with Crippen molar-refractivity contribution in [2.24, 2.45) is 7.05 Å². The lowest BCUT2D eigenvalue weighted by molar-refractivity contribution is 0.0744. The Hall–Kier alpha value is -2.67. The molecule has 22 heavy (non-hydrogen) atoms. The number of furan rings is 1. The maximum atomic E-state index is 12.0. The normalized spacial score (nSPS) is 12.5. The van der Waals surface area contributed by atoms with Gasteiger partial charge in [0, 0.05) is 19.5 Å². The average Bonchev–Trinajstić information content (AvgIpc) is 3.13. The highest BCUT2D eigenvalue weighted by Gasteiger charge is 2.18. The van der Waals surface area contributed by atoms with Gasteiger partial charge in [0.1, 0.15) is 17.4 Å². The van der Waals surface area contributed by atoms with Gasteiger partial charge in [0.2, 0.25) is 0 Å². The molecule has 7 heteroatoms. The van der Waals surface area contributed by atoms with Crippen LogP contribution in [0.4, 0.5) is 0 Å². The summed E-state index contributed by atoms with van der Waals surface area (Å²) in [5.41, 5.74) is 1.06. The number of carbonyl (C=O) groups excluding carboxylic acids is 1. The second kappa shape index (κ2) is 5.98. The third kappa shape index (κ3) is 2.84. The SMILES string of the molecule is CO[C@@H](CNC(=O)c1cn(C)nn1)c1cc2ccccc2o1. The third-order valence-corrected chi connectivity index (χ3v) is 3.33. The molecule has 7 nitrogen and oxygen atoms in total. The van der Waals surface area contributed by atoms with E-state index in [9.17, 15) is 4.79 Å². The summed E-state index contributed by atoms with van der Waals surface area (Å²) in [7, 11) is 3.28. The number of hydrogen-bond acceptors (Lipinski definition) is 5. The van der Waals surface area contributed by atoms with Gasteiger partial charge in [0.15, 0.2) is 5.69 Å². The van der Waals surface area contributed by atoms with Crippen molar-refractivity contribution in [2.45, 2.75) is 6.10 Å². The van der Waals surface area contributed by atoms with Crippen molar-refractivity contribution in [3.05, 3.63) is 48.0 Å². The quantitative estimate of drug-likeness (QED) is 0.775. The summed E-state index contributed by atoms with van der Waals surface area (Å²) in [5.74, 6) is 0.370. The third-order valence-electron chi connectivity index (χ3n) is 3.33. The zero-order valence-corrected chi connectivity index (χ0v) is 12.3. The van der Waals surface area contributed by atoms with E-state index in [0.717, 1.165) is 11.0 Å². The fourth-order valence-corrected chi connectivity index (χ4v) is 2.19. The number of nitrogens with zero attached hydrogens (tertiary/aromatic N) is 3. The van der Waals surface area contributed by atoms with Gasteiger partial charge in [-0.1, -0.05) is 23.4 Å². The molecule has 0 aliphatic heterocycles. The molecule has 0 aliphatic rings. The Morgan fingerprint density at radius 1 is 1.45 bits per heavy atom. The number of aryl methyl sites for hydroxylation is 1. The molecule has 1 amide bonds. The van der Waals surface area contributed by atoms with Crippen LogP contribution in [0.25, 0.3) is 11.0 Å². The van der Waals surface area contributed by atoms with Crippen LogP contribution in [-0.2, 0) is 11.8 Å². The van der Waals surface area contributed by atoms with Crippen LogP contribution in [-0.4, -0.2) is 34.6 Å². The summed E-state index contributed by atoms with van der Waals surface area (Å²) in [6, 6.07) is 9.63. The molecular formula is C15H16N4O3. The lowest BCUT2D eigenvalue weighted by atomic mass is 10.2. The summed E-state index contributed by atoms with van der Waals surface area (Å²) in [4.78, 5) is 12.0. The molecule has 0 fully saturated rings. The highest BCUT2D eigenvalue weighted by atomic mass is 16.5. The number of fused-ring (bicyclic) bond motifs is 1. The van der Waals surface area contributed by atoms with Gasteiger partial charge in [-0.25, -0.2) is 0 Å². The minimum absolute atomic E-state index is 0.266. The number of ether oxygens (including phenoxy) is 1. The molecule has 114 valence electrons. The molecule has 0 radical (unpaired) electrons. The van der Waals surface area contributed by atoms with E-state index in [0.29, 0.717) is 5.76 Å². The van der Waals surface area contributed by atoms with Gasteiger partial charge >= 0.3 is 0 Å². The van der Waals surface area contributed by atoms with Gasteiger partial charge in [0.05, 0.1) is 12.7 Å². The van der Waals surface area contributed by atoms with Crippen LogP contribution in [0.3, 0.4) is 0 Å². The number of aromatic nitrogens is 3. The Kier molecular flexibility index (Phi) is 3.88. The predicted octanol–water partition coefficient (Wildman–Crippen LogP) is 1.68. The second-order valence-electron chi connectivity index (χ2n) is 4.90. The first-order valence-electron chi connectivity index (χ1n) is 6.83. The molecule has 2 heterocycles. The first-order valence-corrected chi connectivity index (χ1v) is 6.83. The number of para-hydroxylation sites is 1. The maximum Gasteiger partial charge on any atom is 0.273 e. The number of benzene rings is 1. The van der Waals surface area contributed by atoms with Crippen molar-refractivity contribution in [3.8, 4) is 0 Å². The topological polar surface area (TPSA) is 82.2 Å². The molecule has 0 aliphatic carbocycles. The van der Waals surface area contributed by atoms with E-state index in [1.165, 1.54) is 4.68 Å². The first-order chi connectivity index (χ1) is 10.7. The fraction of sp³-hybridized carbons (Fsp3) is 0.267. The molecular weight excluding hydrogens is 284 g/mol. The largest absolute Gasteiger partial charge is 0.458 e. The fourth-order valence-electron chi connectivity index (χ4n) is 2.19. The van der Waals surface area contributed by atoms with Crippen molar-refractivity contribution in [2.75, 3.05) is 13.7 Å². The molecule has 1 N–H and O–H groups in total. The minimum atomic E-state index is -0.368. The predicted molar refractivity (Wildman–Crippen MR) is 79.3 cm³/mol. The average molecular weight is 300 g/mol. The van der Waals surface area contributed by atoms with Crippen LogP contribution in [0.5, 0.6) is 0 Å². The highest BCUT2D eigenvalue weighted by molar-refractivity contribution is 5.91. The zero-order chi connectivity index (χ0) is 15.5. The van der Waals surface area contributed by atoms with E-state index < -0.39 is 0 Å². The lowest BCUT2D eigenvalue weighted by Crippen LogP contribution is -2.29. The Labute approximate surface area is 126 Å². The number of nitrogens with one attached hydrogen (secondary N) is 1. The molecule has 1 aromatic carbocycles. The molecule has 2 aromatic heterocycles. The van der Waals surface area contributed by atoms with Crippen molar-refractivity contribution in [1.29, 1.82) is 0 Å². The summed E-state index contributed by atoms with van der Waals surface area (Å²) < 4.78 is 12.6. The van der Waals surface area contributed by atoms with E-state index in [-0.39, 0.29) is 24.2 Å². The van der Waals surface area contributed by atoms with Gasteiger partial charge < -0.3 is 14.5 Å². The molecule has 0 bridgehead atoms. The van der Waals surface area contributed by atoms with Crippen molar-refractivity contribution in [3.63, 3.8) is 0 Å². The molecule has 0 saturated carbocycles. The number of rotatable bonds is 5. The monoisotopic (exact) mass is 300 g/mol. The Bertz CT molecular complexity index is 760. The lowest BCUT2D eigenvalue weighted by Gasteiger charge is -2.12. The van der Waals surface area contributed by atoms with Gasteiger partial charge in [-0.05, 0) is 12.1 Å². The summed E-state index contributed by atoms with van der Waals surface area (Å²) in [6.45, 7) is 0.283. The molecule has 3 aromatic rings. The Balaban J connectivity index is 1.70. The second-order valence-corrected chi connectivity index (χ2v) is 4.90. The van der Waals surface area contributed by atoms with E-state index in [2.05, 4.69) is 15.6 Å². The number of hydrogen-bond donors (Lipinski definition) is 1. The number of carbonyl (C=O) groups is 1. The molecule has 1 atom stereocenters. The summed E-state index contributed by atoms with van der Waals surface area (Å²) >= 11 is 0. The van der Waals surface area contributed by atoms with Crippen molar-refractivity contribution in [1.82, 2.24) is 20.3 Å². The number of methoxy groups -OCH3 is 1. The van der Waals surface area contributed by atoms with Crippen molar-refractivity contribution >= 4 is 16.9 Å². The molecule has 0 unspecified atom stereocenters. The van der Waals surface area contributed by atoms with Crippen molar-refractivity contribution < 1.29 is 13.9 Å². The molecule has 3 rings (SSSR count). The van der Waals surface area contributed by atoms with Gasteiger partial charge in [-0.2, -0.15) is 0 Å². The first kappa shape index (κ1) is 14.3.